The van der Waals surface area contributed by atoms with Crippen molar-refractivity contribution in [3.63, 3.8) is 0 Å². The standard InChI is InChI=1S/C19H22N4O3/c20-18(21)12-1-3-13(4-2-12)25-14-5-7-15(8-6-14)26-16-9-10-17(19(22)24)23-11-16/h1-4,9-11,14-15H,5-8H2,(H3,20,21)(H2,22,24)/t14-,15-. The molecule has 1 aliphatic carbocycles. The summed E-state index contributed by atoms with van der Waals surface area (Å²) in [5.41, 5.74) is 11.5. The van der Waals surface area contributed by atoms with Gasteiger partial charge in [-0.1, -0.05) is 0 Å². The van der Waals surface area contributed by atoms with E-state index >= 15 is 0 Å². The Morgan fingerprint density at radius 3 is 1.92 bits per heavy atom. The van der Waals surface area contributed by atoms with Crippen molar-refractivity contribution < 1.29 is 14.3 Å². The van der Waals surface area contributed by atoms with E-state index < -0.39 is 5.91 Å². The van der Waals surface area contributed by atoms with Crippen LogP contribution in [-0.2, 0) is 0 Å². The molecule has 1 aliphatic rings. The quantitative estimate of drug-likeness (QED) is 0.542. The number of nitrogens with one attached hydrogen (secondary N) is 1. The first-order valence-corrected chi connectivity index (χ1v) is 8.55. The third-order valence-corrected chi connectivity index (χ3v) is 4.38. The van der Waals surface area contributed by atoms with E-state index in [1.165, 1.54) is 6.20 Å². The molecule has 1 aromatic carbocycles. The molecule has 1 heterocycles. The molecule has 2 aromatic rings. The second-order valence-corrected chi connectivity index (χ2v) is 6.32. The van der Waals surface area contributed by atoms with Crippen molar-refractivity contribution in [3.8, 4) is 11.5 Å². The molecule has 7 heteroatoms. The molecule has 136 valence electrons. The second kappa shape index (κ2) is 7.86. The molecule has 0 spiro atoms. The van der Waals surface area contributed by atoms with Crippen LogP contribution in [0.25, 0.3) is 0 Å². The van der Waals surface area contributed by atoms with Crippen molar-refractivity contribution >= 4 is 11.7 Å². The minimum Gasteiger partial charge on any atom is -0.490 e. The predicted molar refractivity (Wildman–Crippen MR) is 97.5 cm³/mol. The van der Waals surface area contributed by atoms with Crippen molar-refractivity contribution in [1.29, 1.82) is 5.41 Å². The number of hydrogen-bond donors (Lipinski definition) is 3. The molecule has 1 aromatic heterocycles. The van der Waals surface area contributed by atoms with Gasteiger partial charge in [-0.2, -0.15) is 0 Å². The van der Waals surface area contributed by atoms with E-state index in [1.807, 2.05) is 12.1 Å². The van der Waals surface area contributed by atoms with Crippen molar-refractivity contribution in [2.75, 3.05) is 0 Å². The van der Waals surface area contributed by atoms with Crippen LogP contribution in [0, 0.1) is 5.41 Å². The van der Waals surface area contributed by atoms with Gasteiger partial charge < -0.3 is 20.9 Å². The highest BCUT2D eigenvalue weighted by molar-refractivity contribution is 5.95. The fourth-order valence-corrected chi connectivity index (χ4v) is 2.96. The van der Waals surface area contributed by atoms with E-state index in [-0.39, 0.29) is 23.7 Å². The van der Waals surface area contributed by atoms with Gasteiger partial charge in [0.2, 0.25) is 0 Å². The molecule has 5 N–H and O–H groups in total. The number of nitrogen functional groups attached to an aromatic ring is 1. The lowest BCUT2D eigenvalue weighted by Crippen LogP contribution is -2.30. The summed E-state index contributed by atoms with van der Waals surface area (Å²) in [6, 6.07) is 10.5. The van der Waals surface area contributed by atoms with Crippen LogP contribution in [0.1, 0.15) is 41.7 Å². The summed E-state index contributed by atoms with van der Waals surface area (Å²) in [6.45, 7) is 0. The lowest BCUT2D eigenvalue weighted by molar-refractivity contribution is 0.0804. The molecule has 26 heavy (non-hydrogen) atoms. The van der Waals surface area contributed by atoms with E-state index in [0.717, 1.165) is 31.4 Å². The number of rotatable bonds is 6. The first-order valence-electron chi connectivity index (χ1n) is 8.55. The number of carbonyl (C=O) groups is 1. The molecule has 1 fully saturated rings. The number of nitrogens with two attached hydrogens (primary N) is 2. The highest BCUT2D eigenvalue weighted by Crippen LogP contribution is 2.27. The zero-order valence-corrected chi connectivity index (χ0v) is 14.4. The van der Waals surface area contributed by atoms with E-state index in [1.54, 1.807) is 24.3 Å². The maximum atomic E-state index is 11.0. The summed E-state index contributed by atoms with van der Waals surface area (Å²) in [5, 5.41) is 7.40. The van der Waals surface area contributed by atoms with E-state index in [4.69, 9.17) is 26.4 Å². The van der Waals surface area contributed by atoms with Crippen molar-refractivity contribution in [2.24, 2.45) is 11.5 Å². The number of amidine groups is 1. The van der Waals surface area contributed by atoms with Crippen LogP contribution in [0.15, 0.2) is 42.6 Å². The summed E-state index contributed by atoms with van der Waals surface area (Å²) in [5.74, 6) is 0.919. The first-order chi connectivity index (χ1) is 12.5. The Morgan fingerprint density at radius 2 is 1.46 bits per heavy atom. The van der Waals surface area contributed by atoms with Crippen LogP contribution in [0.2, 0.25) is 0 Å². The summed E-state index contributed by atoms with van der Waals surface area (Å²) in [4.78, 5) is 15.0. The van der Waals surface area contributed by atoms with Gasteiger partial charge >= 0.3 is 0 Å². The Balaban J connectivity index is 1.47. The maximum absolute atomic E-state index is 11.0. The molecule has 0 atom stereocenters. The van der Waals surface area contributed by atoms with Gasteiger partial charge in [-0.15, -0.1) is 0 Å². The zero-order valence-electron chi connectivity index (χ0n) is 14.4. The number of carbonyl (C=O) groups excluding carboxylic acids is 1. The lowest BCUT2D eigenvalue weighted by atomic mass is 9.95. The van der Waals surface area contributed by atoms with E-state index in [2.05, 4.69) is 4.98 Å². The number of benzene rings is 1. The fourth-order valence-electron chi connectivity index (χ4n) is 2.96. The Hall–Kier alpha value is -3.09. The van der Waals surface area contributed by atoms with Gasteiger partial charge in [-0.3, -0.25) is 10.2 Å². The van der Waals surface area contributed by atoms with Crippen LogP contribution in [0.5, 0.6) is 11.5 Å². The van der Waals surface area contributed by atoms with Crippen LogP contribution in [0.3, 0.4) is 0 Å². The topological polar surface area (TPSA) is 124 Å². The number of primary amides is 1. The molecular weight excluding hydrogens is 332 g/mol. The average molecular weight is 354 g/mol. The molecule has 1 amide bonds. The predicted octanol–water partition coefficient (Wildman–Crippen LogP) is 2.23. The van der Waals surface area contributed by atoms with Gasteiger partial charge in [0.1, 0.15) is 23.0 Å². The normalized spacial score (nSPS) is 19.5. The third kappa shape index (κ3) is 4.50. The van der Waals surface area contributed by atoms with Gasteiger partial charge in [-0.25, -0.2) is 4.98 Å². The number of aromatic nitrogens is 1. The Kier molecular flexibility index (Phi) is 5.36. The summed E-state index contributed by atoms with van der Waals surface area (Å²) >= 11 is 0. The molecule has 0 radical (unpaired) electrons. The SMILES string of the molecule is N=C(N)c1ccc(O[C@H]2CC[C@H](Oc3ccc(C(N)=O)nc3)CC2)cc1. The van der Waals surface area contributed by atoms with Gasteiger partial charge in [0.05, 0.1) is 18.4 Å². The number of amides is 1. The molecule has 3 rings (SSSR count). The second-order valence-electron chi connectivity index (χ2n) is 6.32. The minimum absolute atomic E-state index is 0.0487. The molecule has 0 aliphatic heterocycles. The third-order valence-electron chi connectivity index (χ3n) is 4.38. The van der Waals surface area contributed by atoms with Gasteiger partial charge in [0.25, 0.3) is 5.91 Å². The largest absolute Gasteiger partial charge is 0.490 e. The van der Waals surface area contributed by atoms with Gasteiger partial charge in [0.15, 0.2) is 0 Å². The monoisotopic (exact) mass is 354 g/mol. The molecule has 1 saturated carbocycles. The summed E-state index contributed by atoms with van der Waals surface area (Å²) in [6.07, 6.45) is 5.34. The summed E-state index contributed by atoms with van der Waals surface area (Å²) < 4.78 is 11.9. The van der Waals surface area contributed by atoms with E-state index in [0.29, 0.717) is 11.3 Å². The fraction of sp³-hybridized carbons (Fsp3) is 0.316. The van der Waals surface area contributed by atoms with Crippen molar-refractivity contribution in [3.05, 3.63) is 53.9 Å². The zero-order chi connectivity index (χ0) is 18.5. The van der Waals surface area contributed by atoms with Crippen molar-refractivity contribution in [2.45, 2.75) is 37.9 Å². The lowest BCUT2D eigenvalue weighted by Gasteiger charge is -2.29. The number of nitrogens with zero attached hydrogens (tertiary/aromatic N) is 1. The van der Waals surface area contributed by atoms with Crippen LogP contribution in [0.4, 0.5) is 0 Å². The number of hydrogen-bond acceptors (Lipinski definition) is 5. The molecule has 0 bridgehead atoms. The number of ether oxygens (including phenoxy) is 2. The molecule has 7 nitrogen and oxygen atoms in total. The van der Waals surface area contributed by atoms with Crippen LogP contribution >= 0.6 is 0 Å². The smallest absolute Gasteiger partial charge is 0.267 e. The van der Waals surface area contributed by atoms with Crippen LogP contribution < -0.4 is 20.9 Å². The Bertz CT molecular complexity index is 699. The minimum atomic E-state index is -0.550. The molecular formula is C19H22N4O3. The summed E-state index contributed by atoms with van der Waals surface area (Å²) in [7, 11) is 0. The Labute approximate surface area is 151 Å². The maximum Gasteiger partial charge on any atom is 0.267 e. The Morgan fingerprint density at radius 1 is 0.923 bits per heavy atom. The highest BCUT2D eigenvalue weighted by atomic mass is 16.5. The van der Waals surface area contributed by atoms with E-state index in [9.17, 15) is 4.79 Å². The molecule has 0 unspecified atom stereocenters. The van der Waals surface area contributed by atoms with Gasteiger partial charge in [-0.05, 0) is 62.1 Å². The first kappa shape index (κ1) is 17.7. The van der Waals surface area contributed by atoms with Crippen molar-refractivity contribution in [1.82, 2.24) is 4.98 Å². The number of pyridine rings is 1. The highest BCUT2D eigenvalue weighted by Gasteiger charge is 2.24. The van der Waals surface area contributed by atoms with Gasteiger partial charge in [0, 0.05) is 5.56 Å². The van der Waals surface area contributed by atoms with Crippen LogP contribution in [-0.4, -0.2) is 28.9 Å². The molecule has 0 saturated heterocycles. The average Bonchev–Trinajstić information content (AvgIpc) is 2.64.